The predicted molar refractivity (Wildman–Crippen MR) is 125 cm³/mol. The Labute approximate surface area is 192 Å². The van der Waals surface area contributed by atoms with Crippen molar-refractivity contribution < 1.29 is 9.47 Å². The van der Waals surface area contributed by atoms with Crippen molar-refractivity contribution in [1.29, 1.82) is 0 Å². The molecule has 0 N–H and O–H groups in total. The van der Waals surface area contributed by atoms with Crippen molar-refractivity contribution in [2.24, 2.45) is 7.05 Å². The number of aromatic nitrogens is 6. The summed E-state index contributed by atoms with van der Waals surface area (Å²) in [6.07, 6.45) is 6.55. The number of ether oxygens (including phenoxy) is 2. The highest BCUT2D eigenvalue weighted by Gasteiger charge is 2.18. The first-order valence-corrected chi connectivity index (χ1v) is 11.1. The lowest BCUT2D eigenvalue weighted by Crippen LogP contribution is -2.37. The second-order valence-electron chi connectivity index (χ2n) is 8.06. The van der Waals surface area contributed by atoms with E-state index in [4.69, 9.17) is 14.6 Å². The molecule has 5 rings (SSSR count). The molecule has 9 heteroatoms. The summed E-state index contributed by atoms with van der Waals surface area (Å²) in [5.41, 5.74) is 4.19. The van der Waals surface area contributed by atoms with Gasteiger partial charge in [0.15, 0.2) is 5.82 Å². The summed E-state index contributed by atoms with van der Waals surface area (Å²) < 4.78 is 15.1. The summed E-state index contributed by atoms with van der Waals surface area (Å²) in [6, 6.07) is 12.5. The number of benzene rings is 1. The molecule has 1 fully saturated rings. The molecule has 0 atom stereocenters. The van der Waals surface area contributed by atoms with Gasteiger partial charge in [0, 0.05) is 50.6 Å². The van der Waals surface area contributed by atoms with Crippen LogP contribution in [-0.4, -0.2) is 62.4 Å². The molecule has 0 unspecified atom stereocenters. The molecule has 1 aromatic carbocycles. The summed E-state index contributed by atoms with van der Waals surface area (Å²) in [5, 5.41) is 9.03. The predicted octanol–water partition coefficient (Wildman–Crippen LogP) is 2.83. The highest BCUT2D eigenvalue weighted by atomic mass is 16.5. The first-order valence-electron chi connectivity index (χ1n) is 11.1. The molecule has 1 aliphatic rings. The van der Waals surface area contributed by atoms with Crippen molar-refractivity contribution in [3.8, 4) is 23.1 Å². The molecule has 3 aromatic heterocycles. The van der Waals surface area contributed by atoms with Gasteiger partial charge in [0.2, 0.25) is 0 Å². The van der Waals surface area contributed by atoms with E-state index >= 15 is 0 Å². The lowest BCUT2D eigenvalue weighted by atomic mass is 10.1. The Morgan fingerprint density at radius 3 is 2.58 bits per heavy atom. The number of anilines is 1. The van der Waals surface area contributed by atoms with Crippen LogP contribution in [0.25, 0.3) is 17.1 Å². The van der Waals surface area contributed by atoms with E-state index in [1.807, 2.05) is 49.9 Å². The Morgan fingerprint density at radius 2 is 1.82 bits per heavy atom. The molecule has 0 bridgehead atoms. The standard InChI is InChI=1S/C24H27N7O2/c1-18-16-31(28-23(18)20-6-4-3-5-7-20)22-14-21(30-9-12-32-13-10-30)26-24(27-22)33-11-8-19-15-25-29(2)17-19/h3-7,14-17H,8-13H2,1-2H3. The van der Waals surface area contributed by atoms with E-state index in [2.05, 4.69) is 39.0 Å². The van der Waals surface area contributed by atoms with Crippen LogP contribution >= 0.6 is 0 Å². The number of hydrogen-bond acceptors (Lipinski definition) is 7. The summed E-state index contributed by atoms with van der Waals surface area (Å²) >= 11 is 0. The first kappa shape index (κ1) is 21.1. The maximum absolute atomic E-state index is 5.98. The minimum Gasteiger partial charge on any atom is -0.463 e. The van der Waals surface area contributed by atoms with Crippen LogP contribution in [0.5, 0.6) is 6.01 Å². The van der Waals surface area contributed by atoms with Gasteiger partial charge in [0.25, 0.3) is 0 Å². The normalized spacial score (nSPS) is 13.9. The molecule has 170 valence electrons. The van der Waals surface area contributed by atoms with Gasteiger partial charge in [-0.2, -0.15) is 20.2 Å². The average Bonchev–Trinajstić information content (AvgIpc) is 3.45. The van der Waals surface area contributed by atoms with Crippen LogP contribution in [0.1, 0.15) is 11.1 Å². The van der Waals surface area contributed by atoms with Crippen molar-refractivity contribution in [2.45, 2.75) is 13.3 Å². The van der Waals surface area contributed by atoms with Crippen molar-refractivity contribution in [3.05, 3.63) is 66.1 Å². The molecule has 4 heterocycles. The fourth-order valence-corrected chi connectivity index (χ4v) is 3.86. The van der Waals surface area contributed by atoms with Crippen LogP contribution in [0.4, 0.5) is 5.82 Å². The second-order valence-corrected chi connectivity index (χ2v) is 8.06. The maximum atomic E-state index is 5.98. The zero-order valence-electron chi connectivity index (χ0n) is 18.9. The Hall–Kier alpha value is -3.72. The van der Waals surface area contributed by atoms with E-state index in [0.29, 0.717) is 31.6 Å². The average molecular weight is 446 g/mol. The minimum absolute atomic E-state index is 0.340. The second kappa shape index (κ2) is 9.41. The van der Waals surface area contributed by atoms with E-state index < -0.39 is 0 Å². The van der Waals surface area contributed by atoms with Gasteiger partial charge in [0.1, 0.15) is 5.82 Å². The largest absolute Gasteiger partial charge is 0.463 e. The van der Waals surface area contributed by atoms with Crippen molar-refractivity contribution >= 4 is 5.82 Å². The van der Waals surface area contributed by atoms with Crippen LogP contribution in [0, 0.1) is 6.92 Å². The van der Waals surface area contributed by atoms with Crippen LogP contribution in [0.2, 0.25) is 0 Å². The highest BCUT2D eigenvalue weighted by Crippen LogP contribution is 2.25. The van der Waals surface area contributed by atoms with Gasteiger partial charge in [-0.05, 0) is 18.1 Å². The number of rotatable bonds is 7. The van der Waals surface area contributed by atoms with Gasteiger partial charge < -0.3 is 14.4 Å². The van der Waals surface area contributed by atoms with Gasteiger partial charge >= 0.3 is 6.01 Å². The zero-order valence-corrected chi connectivity index (χ0v) is 18.9. The lowest BCUT2D eigenvalue weighted by molar-refractivity contribution is 0.122. The SMILES string of the molecule is Cc1cn(-c2cc(N3CCOCC3)nc(OCCc3cnn(C)c3)n2)nc1-c1ccccc1. The van der Waals surface area contributed by atoms with E-state index in [0.717, 1.165) is 47.7 Å². The van der Waals surface area contributed by atoms with Crippen molar-refractivity contribution in [3.63, 3.8) is 0 Å². The Balaban J connectivity index is 1.43. The van der Waals surface area contributed by atoms with E-state index in [-0.39, 0.29) is 0 Å². The Kier molecular flexibility index (Phi) is 6.03. The zero-order chi connectivity index (χ0) is 22.6. The summed E-state index contributed by atoms with van der Waals surface area (Å²) in [6.45, 7) is 5.43. The van der Waals surface area contributed by atoms with E-state index in [9.17, 15) is 0 Å². The quantitative estimate of drug-likeness (QED) is 0.433. The fourth-order valence-electron chi connectivity index (χ4n) is 3.86. The number of hydrogen-bond donors (Lipinski definition) is 0. The summed E-state index contributed by atoms with van der Waals surface area (Å²) in [4.78, 5) is 11.5. The van der Waals surface area contributed by atoms with Crippen LogP contribution in [-0.2, 0) is 18.2 Å². The highest BCUT2D eigenvalue weighted by molar-refractivity contribution is 5.62. The van der Waals surface area contributed by atoms with E-state index in [1.165, 1.54) is 0 Å². The third kappa shape index (κ3) is 4.88. The summed E-state index contributed by atoms with van der Waals surface area (Å²) in [7, 11) is 1.90. The molecular weight excluding hydrogens is 418 g/mol. The third-order valence-corrected chi connectivity index (χ3v) is 5.57. The van der Waals surface area contributed by atoms with Crippen molar-refractivity contribution in [1.82, 2.24) is 29.5 Å². The molecule has 1 aliphatic heterocycles. The molecule has 0 amide bonds. The van der Waals surface area contributed by atoms with Crippen LogP contribution in [0.3, 0.4) is 0 Å². The third-order valence-electron chi connectivity index (χ3n) is 5.57. The fraction of sp³-hybridized carbons (Fsp3) is 0.333. The minimum atomic E-state index is 0.340. The Bertz CT molecular complexity index is 1210. The van der Waals surface area contributed by atoms with Gasteiger partial charge in [-0.3, -0.25) is 4.68 Å². The molecule has 0 spiro atoms. The van der Waals surface area contributed by atoms with Gasteiger partial charge in [0.05, 0.1) is 31.7 Å². The van der Waals surface area contributed by atoms with Gasteiger partial charge in [-0.25, -0.2) is 4.68 Å². The number of morpholine rings is 1. The summed E-state index contributed by atoms with van der Waals surface area (Å²) in [5.74, 6) is 1.49. The number of nitrogens with zero attached hydrogens (tertiary/aromatic N) is 7. The molecule has 4 aromatic rings. The van der Waals surface area contributed by atoms with Crippen molar-refractivity contribution in [2.75, 3.05) is 37.8 Å². The molecule has 1 saturated heterocycles. The molecule has 0 radical (unpaired) electrons. The number of aryl methyl sites for hydroxylation is 2. The van der Waals surface area contributed by atoms with Gasteiger partial charge in [-0.15, -0.1) is 0 Å². The smallest absolute Gasteiger partial charge is 0.320 e. The molecule has 0 saturated carbocycles. The van der Waals surface area contributed by atoms with Crippen LogP contribution < -0.4 is 9.64 Å². The van der Waals surface area contributed by atoms with E-state index in [1.54, 1.807) is 9.36 Å². The molecule has 0 aliphatic carbocycles. The van der Waals surface area contributed by atoms with Gasteiger partial charge in [-0.1, -0.05) is 30.3 Å². The Morgan fingerprint density at radius 1 is 1.03 bits per heavy atom. The molecule has 33 heavy (non-hydrogen) atoms. The lowest BCUT2D eigenvalue weighted by Gasteiger charge is -2.28. The monoisotopic (exact) mass is 445 g/mol. The maximum Gasteiger partial charge on any atom is 0.320 e. The van der Waals surface area contributed by atoms with Crippen LogP contribution in [0.15, 0.2) is 55.0 Å². The molecule has 9 nitrogen and oxygen atoms in total. The first-order chi connectivity index (χ1) is 16.2. The molecular formula is C24H27N7O2. The topological polar surface area (TPSA) is 83.1 Å².